The van der Waals surface area contributed by atoms with Crippen LogP contribution in [0.3, 0.4) is 0 Å². The average molecular weight is 260 g/mol. The summed E-state index contributed by atoms with van der Waals surface area (Å²) in [5.74, 6) is 0.771. The number of hydrogen-bond acceptors (Lipinski definition) is 2. The molecule has 1 aliphatic rings. The van der Waals surface area contributed by atoms with Crippen LogP contribution in [0, 0.1) is 5.92 Å². The second kappa shape index (κ2) is 6.71. The molecule has 1 aliphatic carbocycles. The molecule has 0 unspecified atom stereocenters. The van der Waals surface area contributed by atoms with Crippen LogP contribution >= 0.6 is 0 Å². The molecule has 1 fully saturated rings. The number of rotatable bonds is 6. The molecule has 2 N–H and O–H groups in total. The van der Waals surface area contributed by atoms with Gasteiger partial charge in [-0.25, -0.2) is 0 Å². The van der Waals surface area contributed by atoms with Gasteiger partial charge in [-0.2, -0.15) is 0 Å². The molecule has 1 aromatic rings. The summed E-state index contributed by atoms with van der Waals surface area (Å²) in [6.45, 7) is 5.14. The van der Waals surface area contributed by atoms with Crippen LogP contribution < -0.4 is 10.6 Å². The standard InChI is InChI=1S/C16H24N2O/c1-12(2)17-11-14-6-8-15(9-7-14)18-16(19)10-13-4-3-5-13/h6-9,12-13,17H,3-5,10-11H2,1-2H3,(H,18,19). The van der Waals surface area contributed by atoms with Crippen LogP contribution in [-0.2, 0) is 11.3 Å². The van der Waals surface area contributed by atoms with E-state index in [9.17, 15) is 4.79 Å². The maximum Gasteiger partial charge on any atom is 0.224 e. The molecular weight excluding hydrogens is 236 g/mol. The maximum atomic E-state index is 11.8. The minimum Gasteiger partial charge on any atom is -0.326 e. The fourth-order valence-corrected chi connectivity index (χ4v) is 2.20. The Balaban J connectivity index is 1.78. The molecule has 1 aromatic carbocycles. The molecule has 0 saturated heterocycles. The number of nitrogens with one attached hydrogen (secondary N) is 2. The Bertz CT molecular complexity index is 407. The van der Waals surface area contributed by atoms with E-state index >= 15 is 0 Å². The molecule has 3 nitrogen and oxygen atoms in total. The summed E-state index contributed by atoms with van der Waals surface area (Å²) in [6.07, 6.45) is 4.40. The van der Waals surface area contributed by atoms with Gasteiger partial charge in [-0.15, -0.1) is 0 Å². The van der Waals surface area contributed by atoms with E-state index in [1.54, 1.807) is 0 Å². The number of amides is 1. The van der Waals surface area contributed by atoms with Crippen molar-refractivity contribution in [2.45, 2.75) is 52.1 Å². The fraction of sp³-hybridized carbons (Fsp3) is 0.562. The van der Waals surface area contributed by atoms with E-state index in [1.165, 1.54) is 24.8 Å². The number of hydrogen-bond donors (Lipinski definition) is 2. The van der Waals surface area contributed by atoms with Crippen molar-refractivity contribution in [2.75, 3.05) is 5.32 Å². The van der Waals surface area contributed by atoms with Gasteiger partial charge in [0.25, 0.3) is 0 Å². The van der Waals surface area contributed by atoms with Gasteiger partial charge < -0.3 is 10.6 Å². The SMILES string of the molecule is CC(C)NCc1ccc(NC(=O)CC2CCC2)cc1. The van der Waals surface area contributed by atoms with Gasteiger partial charge in [-0.3, -0.25) is 4.79 Å². The molecule has 3 heteroatoms. The van der Waals surface area contributed by atoms with Crippen molar-refractivity contribution in [3.05, 3.63) is 29.8 Å². The zero-order valence-electron chi connectivity index (χ0n) is 11.9. The second-order valence-electron chi connectivity index (χ2n) is 5.78. The smallest absolute Gasteiger partial charge is 0.224 e. The average Bonchev–Trinajstić information content (AvgIpc) is 2.33. The quantitative estimate of drug-likeness (QED) is 0.824. The molecule has 1 amide bonds. The van der Waals surface area contributed by atoms with Gasteiger partial charge >= 0.3 is 0 Å². The molecule has 0 spiro atoms. The summed E-state index contributed by atoms with van der Waals surface area (Å²) < 4.78 is 0. The largest absolute Gasteiger partial charge is 0.326 e. The molecule has 0 heterocycles. The highest BCUT2D eigenvalue weighted by atomic mass is 16.1. The highest BCUT2D eigenvalue weighted by Gasteiger charge is 2.20. The van der Waals surface area contributed by atoms with E-state index in [1.807, 2.05) is 12.1 Å². The van der Waals surface area contributed by atoms with Gasteiger partial charge in [0.2, 0.25) is 5.91 Å². The van der Waals surface area contributed by atoms with Gasteiger partial charge in [0.05, 0.1) is 0 Å². The first-order valence-corrected chi connectivity index (χ1v) is 7.25. The van der Waals surface area contributed by atoms with E-state index in [0.717, 1.165) is 12.2 Å². The van der Waals surface area contributed by atoms with Gasteiger partial charge in [-0.05, 0) is 36.5 Å². The monoisotopic (exact) mass is 260 g/mol. The minimum atomic E-state index is 0.151. The molecule has 0 atom stereocenters. The number of carbonyl (C=O) groups excluding carboxylic acids is 1. The van der Waals surface area contributed by atoms with Gasteiger partial charge in [0.15, 0.2) is 0 Å². The van der Waals surface area contributed by atoms with Crippen LogP contribution in [0.4, 0.5) is 5.69 Å². The lowest BCUT2D eigenvalue weighted by Gasteiger charge is -2.24. The summed E-state index contributed by atoms with van der Waals surface area (Å²) >= 11 is 0. The van der Waals surface area contributed by atoms with Gasteiger partial charge in [0.1, 0.15) is 0 Å². The van der Waals surface area contributed by atoms with E-state index < -0.39 is 0 Å². The first kappa shape index (κ1) is 14.1. The van der Waals surface area contributed by atoms with E-state index in [0.29, 0.717) is 18.4 Å². The van der Waals surface area contributed by atoms with Crippen LogP contribution in [0.1, 0.15) is 45.1 Å². The molecule has 0 radical (unpaired) electrons. The Morgan fingerprint density at radius 3 is 2.47 bits per heavy atom. The summed E-state index contributed by atoms with van der Waals surface area (Å²) in [6, 6.07) is 8.58. The van der Waals surface area contributed by atoms with Crippen molar-refractivity contribution in [2.24, 2.45) is 5.92 Å². The predicted octanol–water partition coefficient (Wildman–Crippen LogP) is 3.31. The van der Waals surface area contributed by atoms with Gasteiger partial charge in [-0.1, -0.05) is 32.4 Å². The number of benzene rings is 1. The van der Waals surface area contributed by atoms with E-state index in [4.69, 9.17) is 0 Å². The summed E-state index contributed by atoms with van der Waals surface area (Å²) in [5, 5.41) is 6.35. The molecule has 0 aliphatic heterocycles. The third-order valence-electron chi connectivity index (χ3n) is 3.65. The lowest BCUT2D eigenvalue weighted by Crippen LogP contribution is -2.22. The maximum absolute atomic E-state index is 11.8. The van der Waals surface area contributed by atoms with Crippen molar-refractivity contribution in [1.29, 1.82) is 0 Å². The van der Waals surface area contributed by atoms with Crippen molar-refractivity contribution in [1.82, 2.24) is 5.32 Å². The summed E-state index contributed by atoms with van der Waals surface area (Å²) in [4.78, 5) is 11.8. The summed E-state index contributed by atoms with van der Waals surface area (Å²) in [7, 11) is 0. The first-order chi connectivity index (χ1) is 9.13. The van der Waals surface area contributed by atoms with Crippen LogP contribution in [0.25, 0.3) is 0 Å². The Labute approximate surface area is 115 Å². The van der Waals surface area contributed by atoms with Gasteiger partial charge in [0, 0.05) is 24.7 Å². The summed E-state index contributed by atoms with van der Waals surface area (Å²) in [5.41, 5.74) is 2.14. The highest BCUT2D eigenvalue weighted by Crippen LogP contribution is 2.29. The number of carbonyl (C=O) groups is 1. The van der Waals surface area contributed by atoms with Crippen LogP contribution in [0.5, 0.6) is 0 Å². The lowest BCUT2D eigenvalue weighted by molar-refractivity contribution is -0.117. The first-order valence-electron chi connectivity index (χ1n) is 7.25. The van der Waals surface area contributed by atoms with Crippen LogP contribution in [0.15, 0.2) is 24.3 Å². The Hall–Kier alpha value is -1.35. The van der Waals surface area contributed by atoms with Crippen molar-refractivity contribution in [3.8, 4) is 0 Å². The van der Waals surface area contributed by atoms with E-state index in [-0.39, 0.29) is 5.91 Å². The fourth-order valence-electron chi connectivity index (χ4n) is 2.20. The second-order valence-corrected chi connectivity index (χ2v) is 5.78. The highest BCUT2D eigenvalue weighted by molar-refractivity contribution is 5.90. The van der Waals surface area contributed by atoms with E-state index in [2.05, 4.69) is 36.6 Å². The lowest BCUT2D eigenvalue weighted by atomic mass is 9.83. The van der Waals surface area contributed by atoms with Crippen molar-refractivity contribution in [3.63, 3.8) is 0 Å². The molecule has 104 valence electrons. The Morgan fingerprint density at radius 2 is 1.95 bits per heavy atom. The zero-order valence-corrected chi connectivity index (χ0v) is 11.9. The third-order valence-corrected chi connectivity index (χ3v) is 3.65. The third kappa shape index (κ3) is 4.67. The molecule has 19 heavy (non-hydrogen) atoms. The number of anilines is 1. The Morgan fingerprint density at radius 1 is 1.26 bits per heavy atom. The van der Waals surface area contributed by atoms with Crippen molar-refractivity contribution < 1.29 is 4.79 Å². The predicted molar refractivity (Wildman–Crippen MR) is 79.0 cm³/mol. The molecule has 0 aromatic heterocycles. The van der Waals surface area contributed by atoms with Crippen LogP contribution in [0.2, 0.25) is 0 Å². The molecule has 1 saturated carbocycles. The molecule has 2 rings (SSSR count). The topological polar surface area (TPSA) is 41.1 Å². The minimum absolute atomic E-state index is 0.151. The molecular formula is C16H24N2O. The van der Waals surface area contributed by atoms with Crippen LogP contribution in [-0.4, -0.2) is 11.9 Å². The van der Waals surface area contributed by atoms with Crippen molar-refractivity contribution >= 4 is 11.6 Å². The molecule has 0 bridgehead atoms. The Kier molecular flexibility index (Phi) is 4.97. The normalized spacial score (nSPS) is 15.3. The zero-order chi connectivity index (χ0) is 13.7.